The van der Waals surface area contributed by atoms with E-state index in [1.807, 2.05) is 18.3 Å². The molecule has 0 aliphatic carbocycles. The average Bonchev–Trinajstić information content (AvgIpc) is 2.68. The van der Waals surface area contributed by atoms with Crippen molar-refractivity contribution >= 4 is 22.3 Å². The average molecular weight is 241 g/mol. The molecule has 1 aromatic heterocycles. The van der Waals surface area contributed by atoms with E-state index < -0.39 is 0 Å². The lowest BCUT2D eigenvalue weighted by Gasteiger charge is -2.24. The van der Waals surface area contributed by atoms with Gasteiger partial charge >= 0.3 is 0 Å². The number of fused-ring (bicyclic) bond motifs is 1. The molecular weight excluding hydrogens is 222 g/mol. The lowest BCUT2D eigenvalue weighted by Crippen LogP contribution is -2.24. The second-order valence-corrected chi connectivity index (χ2v) is 4.97. The van der Waals surface area contributed by atoms with Gasteiger partial charge in [0, 0.05) is 30.4 Å². The third-order valence-electron chi connectivity index (χ3n) is 3.73. The number of nitrogens with zero attached hydrogens (tertiary/aromatic N) is 2. The Morgan fingerprint density at radius 1 is 1.00 bits per heavy atom. The first-order valence-electron chi connectivity index (χ1n) is 6.74. The molecule has 0 radical (unpaired) electrons. The zero-order valence-electron chi connectivity index (χ0n) is 10.6. The predicted molar refractivity (Wildman–Crippen MR) is 76.8 cm³/mol. The van der Waals surface area contributed by atoms with E-state index in [2.05, 4.69) is 22.0 Å². The summed E-state index contributed by atoms with van der Waals surface area (Å²) >= 11 is 0. The molecule has 2 N–H and O–H groups in total. The Labute approximate surface area is 108 Å². The van der Waals surface area contributed by atoms with Gasteiger partial charge in [-0.1, -0.05) is 12.8 Å². The van der Waals surface area contributed by atoms with E-state index in [1.54, 1.807) is 0 Å². The van der Waals surface area contributed by atoms with Gasteiger partial charge in [-0.2, -0.15) is 0 Å². The third-order valence-corrected chi connectivity index (χ3v) is 3.73. The number of hydrogen-bond acceptors (Lipinski definition) is 3. The summed E-state index contributed by atoms with van der Waals surface area (Å²) in [6, 6.07) is 8.13. The first-order valence-corrected chi connectivity index (χ1v) is 6.74. The number of rotatable bonds is 1. The molecule has 2 aromatic rings. The molecule has 0 atom stereocenters. The lowest BCUT2D eigenvalue weighted by molar-refractivity contribution is 0.726. The van der Waals surface area contributed by atoms with E-state index in [9.17, 15) is 0 Å². The predicted octanol–water partition coefficient (Wildman–Crippen LogP) is 3.20. The monoisotopic (exact) mass is 241 g/mol. The van der Waals surface area contributed by atoms with Gasteiger partial charge in [-0.3, -0.25) is 4.98 Å². The van der Waals surface area contributed by atoms with Gasteiger partial charge in [-0.15, -0.1) is 0 Å². The van der Waals surface area contributed by atoms with Crippen molar-refractivity contribution < 1.29 is 0 Å². The van der Waals surface area contributed by atoms with Crippen LogP contribution in [0.4, 0.5) is 11.4 Å². The molecule has 1 aromatic carbocycles. The summed E-state index contributed by atoms with van der Waals surface area (Å²) in [5, 5.41) is 1.07. The number of nitrogens with two attached hydrogens (primary N) is 1. The van der Waals surface area contributed by atoms with Gasteiger partial charge in [-0.25, -0.2) is 0 Å². The Morgan fingerprint density at radius 3 is 2.56 bits per heavy atom. The molecule has 1 saturated heterocycles. The molecule has 0 bridgehead atoms. The highest BCUT2D eigenvalue weighted by molar-refractivity contribution is 5.98. The van der Waals surface area contributed by atoms with Crippen molar-refractivity contribution in [1.29, 1.82) is 0 Å². The molecule has 1 aliphatic heterocycles. The van der Waals surface area contributed by atoms with Gasteiger partial charge in [-0.05, 0) is 37.1 Å². The zero-order chi connectivity index (χ0) is 12.4. The molecular formula is C15H19N3. The quantitative estimate of drug-likeness (QED) is 0.780. The summed E-state index contributed by atoms with van der Waals surface area (Å²) in [6.45, 7) is 2.27. The Kier molecular flexibility index (Phi) is 3.05. The molecule has 1 fully saturated rings. The molecule has 1 aliphatic rings. The molecule has 0 unspecified atom stereocenters. The first kappa shape index (κ1) is 11.3. The number of hydrogen-bond donors (Lipinski definition) is 1. The summed E-state index contributed by atoms with van der Waals surface area (Å²) in [7, 11) is 0. The van der Waals surface area contributed by atoms with Crippen molar-refractivity contribution in [3.05, 3.63) is 30.5 Å². The van der Waals surface area contributed by atoms with Crippen LogP contribution in [0.1, 0.15) is 25.7 Å². The van der Waals surface area contributed by atoms with Crippen LogP contribution in [0.15, 0.2) is 30.5 Å². The summed E-state index contributed by atoms with van der Waals surface area (Å²) in [5.74, 6) is 0. The van der Waals surface area contributed by atoms with Gasteiger partial charge in [0.05, 0.1) is 11.2 Å². The SMILES string of the molecule is Nc1ccc(N2CCCCCC2)c2ncccc12. The topological polar surface area (TPSA) is 42.1 Å². The first-order chi connectivity index (χ1) is 8.86. The van der Waals surface area contributed by atoms with Crippen LogP contribution in [0.3, 0.4) is 0 Å². The number of pyridine rings is 1. The molecule has 0 saturated carbocycles. The van der Waals surface area contributed by atoms with E-state index in [-0.39, 0.29) is 0 Å². The fourth-order valence-corrected chi connectivity index (χ4v) is 2.75. The van der Waals surface area contributed by atoms with Gasteiger partial charge in [0.1, 0.15) is 0 Å². The minimum absolute atomic E-state index is 0.816. The maximum atomic E-state index is 6.03. The fourth-order valence-electron chi connectivity index (χ4n) is 2.75. The summed E-state index contributed by atoms with van der Waals surface area (Å²) in [4.78, 5) is 6.99. The molecule has 94 valence electrons. The number of nitrogen functional groups attached to an aromatic ring is 1. The van der Waals surface area contributed by atoms with Crippen molar-refractivity contribution in [2.75, 3.05) is 23.7 Å². The highest BCUT2D eigenvalue weighted by Crippen LogP contribution is 2.30. The highest BCUT2D eigenvalue weighted by Gasteiger charge is 2.14. The van der Waals surface area contributed by atoms with E-state index in [0.717, 1.165) is 29.7 Å². The minimum Gasteiger partial charge on any atom is -0.398 e. The Hall–Kier alpha value is -1.77. The molecule has 3 heteroatoms. The molecule has 3 nitrogen and oxygen atoms in total. The lowest BCUT2D eigenvalue weighted by atomic mass is 10.1. The van der Waals surface area contributed by atoms with Crippen molar-refractivity contribution in [3.8, 4) is 0 Å². The number of aromatic nitrogens is 1. The second-order valence-electron chi connectivity index (χ2n) is 4.97. The van der Waals surface area contributed by atoms with Crippen molar-refractivity contribution in [3.63, 3.8) is 0 Å². The van der Waals surface area contributed by atoms with E-state index in [4.69, 9.17) is 5.73 Å². The van der Waals surface area contributed by atoms with Crippen molar-refractivity contribution in [1.82, 2.24) is 4.98 Å². The fraction of sp³-hybridized carbons (Fsp3) is 0.400. The van der Waals surface area contributed by atoms with Crippen LogP contribution in [0.25, 0.3) is 10.9 Å². The zero-order valence-corrected chi connectivity index (χ0v) is 10.6. The van der Waals surface area contributed by atoms with Crippen LogP contribution in [0, 0.1) is 0 Å². The summed E-state index contributed by atoms with van der Waals surface area (Å²) < 4.78 is 0. The minimum atomic E-state index is 0.816. The van der Waals surface area contributed by atoms with E-state index in [1.165, 1.54) is 31.4 Å². The van der Waals surface area contributed by atoms with Crippen LogP contribution in [0.2, 0.25) is 0 Å². The summed E-state index contributed by atoms with van der Waals surface area (Å²) in [5.41, 5.74) is 9.12. The Balaban J connectivity index is 2.08. The van der Waals surface area contributed by atoms with Gasteiger partial charge in [0.25, 0.3) is 0 Å². The van der Waals surface area contributed by atoms with Crippen molar-refractivity contribution in [2.24, 2.45) is 0 Å². The smallest absolute Gasteiger partial charge is 0.0955 e. The van der Waals surface area contributed by atoms with Crippen LogP contribution < -0.4 is 10.6 Å². The van der Waals surface area contributed by atoms with Crippen LogP contribution in [-0.2, 0) is 0 Å². The van der Waals surface area contributed by atoms with Gasteiger partial charge < -0.3 is 10.6 Å². The van der Waals surface area contributed by atoms with E-state index in [0.29, 0.717) is 0 Å². The van der Waals surface area contributed by atoms with Gasteiger partial charge in [0.2, 0.25) is 0 Å². The second kappa shape index (κ2) is 4.84. The number of benzene rings is 1. The molecule has 0 spiro atoms. The Morgan fingerprint density at radius 2 is 1.78 bits per heavy atom. The third kappa shape index (κ3) is 2.01. The van der Waals surface area contributed by atoms with Gasteiger partial charge in [0.15, 0.2) is 0 Å². The normalized spacial score (nSPS) is 16.8. The highest BCUT2D eigenvalue weighted by atomic mass is 15.1. The maximum absolute atomic E-state index is 6.03. The maximum Gasteiger partial charge on any atom is 0.0955 e. The Bertz CT molecular complexity index is 542. The molecule has 0 amide bonds. The van der Waals surface area contributed by atoms with E-state index >= 15 is 0 Å². The van der Waals surface area contributed by atoms with Crippen LogP contribution in [0.5, 0.6) is 0 Å². The van der Waals surface area contributed by atoms with Crippen LogP contribution >= 0.6 is 0 Å². The van der Waals surface area contributed by atoms with Crippen molar-refractivity contribution in [2.45, 2.75) is 25.7 Å². The van der Waals surface area contributed by atoms with Crippen LogP contribution in [-0.4, -0.2) is 18.1 Å². The summed E-state index contributed by atoms with van der Waals surface area (Å²) in [6.07, 6.45) is 7.09. The number of anilines is 2. The largest absolute Gasteiger partial charge is 0.398 e. The standard InChI is InChI=1S/C15H19N3/c16-13-7-8-14(15-12(13)6-5-9-17-15)18-10-3-1-2-4-11-18/h5-9H,1-4,10-11,16H2. The molecule has 3 rings (SSSR count). The molecule has 2 heterocycles. The molecule has 18 heavy (non-hydrogen) atoms.